The Bertz CT molecular complexity index is 1100. The molecule has 1 N–H and O–H groups in total. The van der Waals surface area contributed by atoms with Crippen molar-refractivity contribution < 1.29 is 19.4 Å². The van der Waals surface area contributed by atoms with Gasteiger partial charge in [0.1, 0.15) is 0 Å². The summed E-state index contributed by atoms with van der Waals surface area (Å²) >= 11 is 0. The molecule has 3 rings (SSSR count). The molecule has 0 spiro atoms. The maximum atomic E-state index is 12.8. The molecule has 36 heavy (non-hydrogen) atoms. The minimum atomic E-state index is -0.204. The van der Waals surface area contributed by atoms with Crippen molar-refractivity contribution in [3.63, 3.8) is 0 Å². The quantitative estimate of drug-likeness (QED) is 0.264. The van der Waals surface area contributed by atoms with E-state index in [0.29, 0.717) is 13.1 Å². The molecule has 0 saturated heterocycles. The lowest BCUT2D eigenvalue weighted by molar-refractivity contribution is -0.131. The largest absolute Gasteiger partial charge is 0.395 e. The summed E-state index contributed by atoms with van der Waals surface area (Å²) in [6.07, 6.45) is 4.70. The molecule has 0 saturated carbocycles. The predicted octanol–water partition coefficient (Wildman–Crippen LogP) is 5.27. The van der Waals surface area contributed by atoms with Gasteiger partial charge in [-0.25, -0.2) is 0 Å². The van der Waals surface area contributed by atoms with Gasteiger partial charge in [0.25, 0.3) is 0 Å². The van der Waals surface area contributed by atoms with E-state index in [1.54, 1.807) is 16.9 Å². The molecule has 6 heteroatoms. The van der Waals surface area contributed by atoms with Crippen molar-refractivity contribution in [2.45, 2.75) is 26.0 Å². The maximum absolute atomic E-state index is 12.8. The van der Waals surface area contributed by atoms with Crippen LogP contribution in [0.5, 0.6) is 0 Å². The van der Waals surface area contributed by atoms with E-state index in [1.807, 2.05) is 104 Å². The van der Waals surface area contributed by atoms with Gasteiger partial charge in [-0.2, -0.15) is 0 Å². The fourth-order valence-electron chi connectivity index (χ4n) is 4.17. The number of hydrogen-bond donors (Lipinski definition) is 1. The van der Waals surface area contributed by atoms with Crippen LogP contribution in [0, 0.1) is 5.92 Å². The van der Waals surface area contributed by atoms with Crippen LogP contribution < -0.4 is 4.90 Å². The number of benzene rings is 3. The number of para-hydroxylation sites is 1. The van der Waals surface area contributed by atoms with Gasteiger partial charge in [-0.1, -0.05) is 79.7 Å². The first-order chi connectivity index (χ1) is 17.6. The van der Waals surface area contributed by atoms with Crippen LogP contribution in [0.4, 0.5) is 11.4 Å². The van der Waals surface area contributed by atoms with Crippen molar-refractivity contribution in [3.05, 3.63) is 108 Å². The van der Waals surface area contributed by atoms with Crippen molar-refractivity contribution in [2.24, 2.45) is 5.92 Å². The van der Waals surface area contributed by atoms with E-state index in [1.165, 1.54) is 0 Å². The third kappa shape index (κ3) is 7.38. The fourth-order valence-corrected chi connectivity index (χ4v) is 4.17. The zero-order valence-electron chi connectivity index (χ0n) is 20.9. The predicted molar refractivity (Wildman–Crippen MR) is 143 cm³/mol. The molecule has 0 fully saturated rings. The second-order valence-electron chi connectivity index (χ2n) is 8.57. The van der Waals surface area contributed by atoms with Crippen molar-refractivity contribution in [3.8, 4) is 0 Å². The Kier molecular flexibility index (Phi) is 10.4. The Labute approximate surface area is 213 Å². The summed E-state index contributed by atoms with van der Waals surface area (Å²) in [4.78, 5) is 27.7. The Hall–Kier alpha value is -3.74. The minimum Gasteiger partial charge on any atom is -0.395 e. The molecule has 188 valence electrons. The van der Waals surface area contributed by atoms with Crippen LogP contribution in [0.25, 0.3) is 0 Å². The zero-order valence-corrected chi connectivity index (χ0v) is 20.9. The van der Waals surface area contributed by atoms with Gasteiger partial charge >= 0.3 is 0 Å². The lowest BCUT2D eigenvalue weighted by Gasteiger charge is -2.23. The molecule has 0 aliphatic rings. The van der Waals surface area contributed by atoms with Crippen LogP contribution in [0.2, 0.25) is 0 Å². The van der Waals surface area contributed by atoms with Crippen LogP contribution in [0.1, 0.15) is 30.6 Å². The number of aliphatic hydroxyl groups is 1. The van der Waals surface area contributed by atoms with E-state index in [9.17, 15) is 14.7 Å². The Morgan fingerprint density at radius 1 is 0.944 bits per heavy atom. The highest BCUT2D eigenvalue weighted by molar-refractivity contribution is 5.86. The molecule has 2 atom stereocenters. The van der Waals surface area contributed by atoms with Gasteiger partial charge < -0.3 is 14.7 Å². The molecule has 0 aromatic heterocycles. The summed E-state index contributed by atoms with van der Waals surface area (Å²) in [5.74, 6) is -0.0186. The van der Waals surface area contributed by atoms with E-state index in [-0.39, 0.29) is 31.0 Å². The Morgan fingerprint density at radius 3 is 2.14 bits per heavy atom. The van der Waals surface area contributed by atoms with Crippen LogP contribution >= 0.6 is 0 Å². The Balaban J connectivity index is 1.63. The standard InChI is InChI=1S/C30H34N2O4/c1-24(10-9-15-29(35)31(20-21-33)22-25-11-5-3-6-12-25)30(36-2)26-16-18-28(19-17-26)32(23-34)27-13-7-4-8-14-27/h3-14,16-19,23-24,30,33H,15,20-22H2,1-2H3/b10-9+/t24-,30+/m0/s1. The monoisotopic (exact) mass is 486 g/mol. The topological polar surface area (TPSA) is 70.1 Å². The maximum Gasteiger partial charge on any atom is 0.226 e. The first-order valence-electron chi connectivity index (χ1n) is 12.1. The molecule has 0 unspecified atom stereocenters. The van der Waals surface area contributed by atoms with Gasteiger partial charge in [0.2, 0.25) is 12.3 Å². The van der Waals surface area contributed by atoms with Gasteiger partial charge in [0.15, 0.2) is 0 Å². The number of carbonyl (C=O) groups is 2. The van der Waals surface area contributed by atoms with Gasteiger partial charge in [0.05, 0.1) is 12.7 Å². The number of methoxy groups -OCH3 is 1. The summed E-state index contributed by atoms with van der Waals surface area (Å²) in [5, 5.41) is 9.39. The number of nitrogens with zero attached hydrogens (tertiary/aromatic N) is 2. The summed E-state index contributed by atoms with van der Waals surface area (Å²) in [6, 6.07) is 26.9. The number of rotatable bonds is 13. The molecule has 6 nitrogen and oxygen atoms in total. The molecule has 0 aliphatic heterocycles. The number of aliphatic hydroxyl groups excluding tert-OH is 1. The average molecular weight is 487 g/mol. The summed E-state index contributed by atoms with van der Waals surface area (Å²) < 4.78 is 5.77. The molecule has 2 amide bonds. The minimum absolute atomic E-state index is 0.0189. The average Bonchev–Trinajstić information content (AvgIpc) is 2.91. The van der Waals surface area contributed by atoms with Gasteiger partial charge in [-0.3, -0.25) is 14.5 Å². The van der Waals surface area contributed by atoms with Crippen LogP contribution in [0.3, 0.4) is 0 Å². The van der Waals surface area contributed by atoms with Gasteiger partial charge in [-0.15, -0.1) is 0 Å². The molecule has 0 heterocycles. The lowest BCUT2D eigenvalue weighted by Crippen LogP contribution is -2.32. The molecule has 0 radical (unpaired) electrons. The third-order valence-electron chi connectivity index (χ3n) is 6.04. The fraction of sp³-hybridized carbons (Fsp3) is 0.267. The second-order valence-corrected chi connectivity index (χ2v) is 8.57. The summed E-state index contributed by atoms with van der Waals surface area (Å²) in [7, 11) is 1.67. The first-order valence-corrected chi connectivity index (χ1v) is 12.1. The number of anilines is 2. The van der Waals surface area contributed by atoms with Crippen molar-refractivity contribution in [2.75, 3.05) is 25.2 Å². The van der Waals surface area contributed by atoms with Crippen molar-refractivity contribution >= 4 is 23.7 Å². The highest BCUT2D eigenvalue weighted by atomic mass is 16.5. The molecular weight excluding hydrogens is 452 g/mol. The summed E-state index contributed by atoms with van der Waals surface area (Å²) in [6.45, 7) is 2.73. The number of carbonyl (C=O) groups excluding carboxylic acids is 2. The van der Waals surface area contributed by atoms with E-state index in [0.717, 1.165) is 28.9 Å². The molecule has 3 aromatic rings. The van der Waals surface area contributed by atoms with Gasteiger partial charge in [0, 0.05) is 43.9 Å². The van der Waals surface area contributed by atoms with E-state index >= 15 is 0 Å². The third-order valence-corrected chi connectivity index (χ3v) is 6.04. The highest BCUT2D eigenvalue weighted by Gasteiger charge is 2.18. The number of ether oxygens (including phenoxy) is 1. The zero-order chi connectivity index (χ0) is 25.8. The lowest BCUT2D eigenvalue weighted by atomic mass is 9.96. The molecular formula is C30H34N2O4. The smallest absolute Gasteiger partial charge is 0.226 e. The van der Waals surface area contributed by atoms with Crippen LogP contribution in [0.15, 0.2) is 97.1 Å². The van der Waals surface area contributed by atoms with Crippen molar-refractivity contribution in [1.29, 1.82) is 0 Å². The van der Waals surface area contributed by atoms with Crippen molar-refractivity contribution in [1.82, 2.24) is 4.90 Å². The van der Waals surface area contributed by atoms with E-state index in [2.05, 4.69) is 0 Å². The normalized spacial score (nSPS) is 12.8. The summed E-state index contributed by atoms with van der Waals surface area (Å²) in [5.41, 5.74) is 3.58. The molecule has 0 aliphatic carbocycles. The SMILES string of the molecule is CO[C@@H](c1ccc(N(C=O)c2ccccc2)cc1)[C@@H](C)/C=C/CC(=O)N(CCO)Cc1ccccc1. The van der Waals surface area contributed by atoms with Crippen LogP contribution in [-0.2, 0) is 20.9 Å². The number of hydrogen-bond acceptors (Lipinski definition) is 4. The Morgan fingerprint density at radius 2 is 1.56 bits per heavy atom. The van der Waals surface area contributed by atoms with Gasteiger partial charge in [-0.05, 0) is 35.4 Å². The van der Waals surface area contributed by atoms with E-state index < -0.39 is 0 Å². The van der Waals surface area contributed by atoms with E-state index in [4.69, 9.17) is 4.74 Å². The first kappa shape index (κ1) is 26.9. The molecule has 0 bridgehead atoms. The second kappa shape index (κ2) is 14.0. The highest BCUT2D eigenvalue weighted by Crippen LogP contribution is 2.30. The molecule has 3 aromatic carbocycles. The number of amides is 2. The van der Waals surface area contributed by atoms with Crippen LogP contribution in [-0.4, -0.2) is 42.6 Å².